The molecule has 1 aromatic rings. The lowest BCUT2D eigenvalue weighted by Crippen LogP contribution is -2.64. The molecule has 3 rings (SSSR count). The Hall–Kier alpha value is -2.71. The number of allylic oxidation sites excluding steroid dienone is 3. The highest BCUT2D eigenvalue weighted by Gasteiger charge is 2.53. The molecule has 1 spiro atoms. The van der Waals surface area contributed by atoms with E-state index in [0.29, 0.717) is 40.2 Å². The van der Waals surface area contributed by atoms with Crippen molar-refractivity contribution in [3.63, 3.8) is 0 Å². The van der Waals surface area contributed by atoms with Gasteiger partial charge in [-0.05, 0) is 56.0 Å². The highest BCUT2D eigenvalue weighted by Crippen LogP contribution is 2.50. The molecule has 34 heavy (non-hydrogen) atoms. The van der Waals surface area contributed by atoms with Gasteiger partial charge in [0.1, 0.15) is 17.9 Å². The molecular formula is C25H32ClFN4O3. The van der Waals surface area contributed by atoms with Crippen molar-refractivity contribution in [3.05, 3.63) is 52.0 Å². The third kappa shape index (κ3) is 6.24. The highest BCUT2D eigenvalue weighted by molar-refractivity contribution is 6.33. The Morgan fingerprint density at radius 3 is 2.68 bits per heavy atom. The molecule has 1 saturated heterocycles. The molecule has 0 radical (unpaired) electrons. The van der Waals surface area contributed by atoms with E-state index < -0.39 is 5.83 Å². The van der Waals surface area contributed by atoms with Gasteiger partial charge in [-0.15, -0.1) is 0 Å². The second-order valence-corrected chi connectivity index (χ2v) is 9.56. The first-order valence-corrected chi connectivity index (χ1v) is 11.7. The number of rotatable bonds is 12. The summed E-state index contributed by atoms with van der Waals surface area (Å²) in [7, 11) is 5.23. The highest BCUT2D eigenvalue weighted by atomic mass is 35.5. The van der Waals surface area contributed by atoms with Gasteiger partial charge in [-0.25, -0.2) is 4.39 Å². The summed E-state index contributed by atoms with van der Waals surface area (Å²) < 4.78 is 20.2. The minimum absolute atomic E-state index is 0.0808. The number of nitrogens with zero attached hydrogens (tertiary/aromatic N) is 3. The number of halogens is 2. The van der Waals surface area contributed by atoms with Gasteiger partial charge in [0.2, 0.25) is 0 Å². The molecule has 0 atom stereocenters. The van der Waals surface area contributed by atoms with E-state index in [1.54, 1.807) is 44.5 Å². The van der Waals surface area contributed by atoms with Crippen molar-refractivity contribution in [3.8, 4) is 5.75 Å². The van der Waals surface area contributed by atoms with Crippen molar-refractivity contribution >= 4 is 30.4 Å². The molecule has 1 heterocycles. The number of likely N-dealkylation sites (tertiary alicyclic amines) is 1. The lowest BCUT2D eigenvalue weighted by atomic mass is 9.61. The van der Waals surface area contributed by atoms with E-state index >= 15 is 0 Å². The SMILES string of the molecule is CN/C=C(F)\C(=C/C=O)CCCN1CC2(CC(Oc3ccc(Cl)c(C=O)c3/C=N\N(C)C)C2)C1. The van der Waals surface area contributed by atoms with Gasteiger partial charge in [0.15, 0.2) is 6.29 Å². The van der Waals surface area contributed by atoms with E-state index in [2.05, 4.69) is 15.3 Å². The molecule has 0 aromatic heterocycles. The first kappa shape index (κ1) is 25.9. The maximum absolute atomic E-state index is 14.0. The van der Waals surface area contributed by atoms with Crippen LogP contribution in [-0.2, 0) is 4.79 Å². The summed E-state index contributed by atoms with van der Waals surface area (Å²) in [5, 5.41) is 8.91. The zero-order valence-electron chi connectivity index (χ0n) is 19.9. The molecule has 2 aliphatic rings. The molecule has 0 amide bonds. The Morgan fingerprint density at radius 2 is 2.06 bits per heavy atom. The monoisotopic (exact) mass is 490 g/mol. The predicted octanol–water partition coefficient (Wildman–Crippen LogP) is 3.83. The maximum atomic E-state index is 14.0. The van der Waals surface area contributed by atoms with Crippen molar-refractivity contribution in [1.29, 1.82) is 0 Å². The maximum Gasteiger partial charge on any atom is 0.152 e. The molecule has 9 heteroatoms. The molecule has 0 bridgehead atoms. The van der Waals surface area contributed by atoms with Gasteiger partial charge in [0, 0.05) is 57.0 Å². The Kier molecular flexibility index (Phi) is 8.85. The van der Waals surface area contributed by atoms with Crippen LogP contribution < -0.4 is 10.1 Å². The van der Waals surface area contributed by atoms with Crippen LogP contribution in [0.15, 0.2) is 40.9 Å². The standard InChI is InChI=1S/C25H32ClFN4O3/c1-28-14-23(27)18(8-10-32)5-4-9-31-16-25(17-31)11-19(12-25)34-24-7-6-22(26)21(15-33)20(24)13-29-30(2)3/h6-8,10,13-15,19,28H,4-5,9,11-12,16-17H2,1-3H3/b18-8-,23-14+,29-13-. The van der Waals surface area contributed by atoms with Crippen LogP contribution >= 0.6 is 11.6 Å². The average Bonchev–Trinajstić information content (AvgIpc) is 2.74. The first-order valence-electron chi connectivity index (χ1n) is 11.4. The number of hydrogen-bond donors (Lipinski definition) is 1. The van der Waals surface area contributed by atoms with Crippen LogP contribution in [0.5, 0.6) is 5.75 Å². The number of aldehydes is 2. The summed E-state index contributed by atoms with van der Waals surface area (Å²) in [6.07, 6.45) is 8.79. The lowest BCUT2D eigenvalue weighted by molar-refractivity contribution is -0.119. The Balaban J connectivity index is 1.49. The van der Waals surface area contributed by atoms with Gasteiger partial charge >= 0.3 is 0 Å². The number of ether oxygens (including phenoxy) is 1. The fourth-order valence-corrected chi connectivity index (χ4v) is 4.89. The molecule has 1 saturated carbocycles. The Morgan fingerprint density at radius 1 is 1.32 bits per heavy atom. The zero-order valence-corrected chi connectivity index (χ0v) is 20.6. The number of benzene rings is 1. The summed E-state index contributed by atoms with van der Waals surface area (Å²) in [4.78, 5) is 24.7. The Labute approximate surface area is 205 Å². The van der Waals surface area contributed by atoms with E-state index in [0.717, 1.165) is 45.2 Å². The molecule has 1 aromatic carbocycles. The third-order valence-electron chi connectivity index (χ3n) is 6.23. The van der Waals surface area contributed by atoms with Gasteiger partial charge in [-0.1, -0.05) is 11.6 Å². The van der Waals surface area contributed by atoms with Gasteiger partial charge in [-0.2, -0.15) is 5.10 Å². The van der Waals surface area contributed by atoms with E-state index in [4.69, 9.17) is 16.3 Å². The largest absolute Gasteiger partial charge is 0.490 e. The number of hydrazone groups is 1. The van der Waals surface area contributed by atoms with E-state index in [1.165, 1.54) is 12.3 Å². The predicted molar refractivity (Wildman–Crippen MR) is 132 cm³/mol. The molecule has 1 N–H and O–H groups in total. The third-order valence-corrected chi connectivity index (χ3v) is 6.56. The van der Waals surface area contributed by atoms with E-state index in [9.17, 15) is 14.0 Å². The van der Waals surface area contributed by atoms with Gasteiger partial charge in [-0.3, -0.25) is 9.59 Å². The zero-order chi connectivity index (χ0) is 24.7. The first-order chi connectivity index (χ1) is 16.3. The van der Waals surface area contributed by atoms with Gasteiger partial charge < -0.3 is 20.0 Å². The minimum atomic E-state index is -0.399. The summed E-state index contributed by atoms with van der Waals surface area (Å²) >= 11 is 6.19. The fraction of sp³-hybridized carbons (Fsp3) is 0.480. The fourth-order valence-electron chi connectivity index (χ4n) is 4.68. The second-order valence-electron chi connectivity index (χ2n) is 9.15. The van der Waals surface area contributed by atoms with E-state index in [-0.39, 0.29) is 11.5 Å². The number of carbonyl (C=O) groups excluding carboxylic acids is 2. The number of hydrogen-bond acceptors (Lipinski definition) is 7. The summed E-state index contributed by atoms with van der Waals surface area (Å²) in [6, 6.07) is 3.46. The van der Waals surface area contributed by atoms with Crippen molar-refractivity contribution in [1.82, 2.24) is 15.2 Å². The average molecular weight is 491 g/mol. The van der Waals surface area contributed by atoms with Crippen molar-refractivity contribution in [2.75, 3.05) is 40.8 Å². The Bertz CT molecular complexity index is 979. The van der Waals surface area contributed by atoms with Crippen LogP contribution in [0.3, 0.4) is 0 Å². The molecule has 7 nitrogen and oxygen atoms in total. The van der Waals surface area contributed by atoms with Crippen molar-refractivity contribution < 1.29 is 18.7 Å². The molecule has 2 fully saturated rings. The lowest BCUT2D eigenvalue weighted by Gasteiger charge is -2.58. The van der Waals surface area contributed by atoms with Crippen molar-refractivity contribution in [2.24, 2.45) is 10.5 Å². The molecule has 1 aliphatic heterocycles. The van der Waals surface area contributed by atoms with Crippen LogP contribution in [0.4, 0.5) is 4.39 Å². The van der Waals surface area contributed by atoms with Crippen LogP contribution in [0.1, 0.15) is 41.6 Å². The molecule has 1 aliphatic carbocycles. The molecule has 0 unspecified atom stereocenters. The van der Waals surface area contributed by atoms with Gasteiger partial charge in [0.05, 0.1) is 17.3 Å². The van der Waals surface area contributed by atoms with Gasteiger partial charge in [0.25, 0.3) is 0 Å². The number of carbonyl (C=O) groups is 2. The van der Waals surface area contributed by atoms with E-state index in [1.807, 2.05) is 0 Å². The summed E-state index contributed by atoms with van der Waals surface area (Å²) in [6.45, 7) is 2.84. The van der Waals surface area contributed by atoms with Crippen LogP contribution in [0.2, 0.25) is 5.02 Å². The van der Waals surface area contributed by atoms with Crippen LogP contribution in [0, 0.1) is 5.41 Å². The van der Waals surface area contributed by atoms with Crippen LogP contribution in [0.25, 0.3) is 0 Å². The molecular weight excluding hydrogens is 459 g/mol. The summed E-state index contributed by atoms with van der Waals surface area (Å²) in [5.74, 6) is 0.211. The molecule has 184 valence electrons. The number of nitrogens with one attached hydrogen (secondary N) is 1. The normalized spacial score (nSPS) is 18.5. The summed E-state index contributed by atoms with van der Waals surface area (Å²) in [5.41, 5.74) is 1.65. The topological polar surface area (TPSA) is 74.2 Å². The smallest absolute Gasteiger partial charge is 0.152 e. The van der Waals surface area contributed by atoms with Crippen LogP contribution in [-0.4, -0.2) is 75.6 Å². The van der Waals surface area contributed by atoms with Crippen molar-refractivity contribution in [2.45, 2.75) is 31.8 Å². The quantitative estimate of drug-likeness (QED) is 0.158. The minimum Gasteiger partial charge on any atom is -0.490 e. The second kappa shape index (κ2) is 11.6.